The average Bonchev–Trinajstić information content (AvgIpc) is 2.98. The Morgan fingerprint density at radius 1 is 1.12 bits per heavy atom. The molecule has 0 fully saturated rings. The molecule has 8 nitrogen and oxygen atoms in total. The van der Waals surface area contributed by atoms with Gasteiger partial charge in [-0.25, -0.2) is 17.9 Å². The first kappa shape index (κ1) is 17.1. The predicted octanol–water partition coefficient (Wildman–Crippen LogP) is 1.62. The van der Waals surface area contributed by atoms with Crippen LogP contribution < -0.4 is 20.0 Å². The number of ether oxygens (including phenoxy) is 2. The molecule has 0 saturated carbocycles. The van der Waals surface area contributed by atoms with Gasteiger partial charge in [0.25, 0.3) is 0 Å². The number of oxazole rings is 1. The first-order valence-corrected chi connectivity index (χ1v) is 8.75. The Kier molecular flexibility index (Phi) is 4.51. The van der Waals surface area contributed by atoms with Gasteiger partial charge in [-0.1, -0.05) is 6.07 Å². The van der Waals surface area contributed by atoms with Crippen LogP contribution in [0.5, 0.6) is 11.5 Å². The van der Waals surface area contributed by atoms with Crippen molar-refractivity contribution in [3.05, 3.63) is 52.5 Å². The van der Waals surface area contributed by atoms with E-state index in [0.717, 1.165) is 0 Å². The Morgan fingerprint density at radius 3 is 2.64 bits per heavy atom. The molecule has 1 heterocycles. The third-order valence-corrected chi connectivity index (χ3v) is 5.05. The quantitative estimate of drug-likeness (QED) is 0.688. The second kappa shape index (κ2) is 6.61. The van der Waals surface area contributed by atoms with Crippen LogP contribution >= 0.6 is 0 Å². The summed E-state index contributed by atoms with van der Waals surface area (Å²) < 4.78 is 42.7. The third-order valence-electron chi connectivity index (χ3n) is 3.65. The van der Waals surface area contributed by atoms with Crippen LogP contribution in [0.25, 0.3) is 11.1 Å². The number of fused-ring (bicyclic) bond motifs is 1. The summed E-state index contributed by atoms with van der Waals surface area (Å²) in [6.07, 6.45) is 0. The van der Waals surface area contributed by atoms with Crippen LogP contribution in [-0.2, 0) is 16.6 Å². The summed E-state index contributed by atoms with van der Waals surface area (Å²) in [5.74, 6) is 0.478. The first-order valence-electron chi connectivity index (χ1n) is 7.26. The Balaban J connectivity index is 1.84. The standard InChI is InChI=1S/C16H16N2O6S/c1-22-11-4-3-10(14(7-11)23-2)9-17-25(20,21)12-5-6-13-15(8-12)24-16(19)18-13/h3-8,17H,9H2,1-2H3,(H,18,19). The van der Waals surface area contributed by atoms with Crippen LogP contribution in [0.15, 0.2) is 50.5 Å². The first-order chi connectivity index (χ1) is 11.9. The summed E-state index contributed by atoms with van der Waals surface area (Å²) in [5, 5.41) is 0. The van der Waals surface area contributed by atoms with Crippen LogP contribution in [0.2, 0.25) is 0 Å². The lowest BCUT2D eigenvalue weighted by Gasteiger charge is -2.11. The van der Waals surface area contributed by atoms with Gasteiger partial charge in [-0.2, -0.15) is 0 Å². The van der Waals surface area contributed by atoms with E-state index in [0.29, 0.717) is 22.6 Å². The number of rotatable bonds is 6. The van der Waals surface area contributed by atoms with Gasteiger partial charge in [-0.05, 0) is 18.2 Å². The van der Waals surface area contributed by atoms with Crippen LogP contribution in [0.4, 0.5) is 0 Å². The summed E-state index contributed by atoms with van der Waals surface area (Å²) in [6, 6.07) is 9.26. The Morgan fingerprint density at radius 2 is 1.92 bits per heavy atom. The summed E-state index contributed by atoms with van der Waals surface area (Å²) >= 11 is 0. The van der Waals surface area contributed by atoms with Crippen LogP contribution in [0.1, 0.15) is 5.56 Å². The summed E-state index contributed by atoms with van der Waals surface area (Å²) in [7, 11) is -0.765. The SMILES string of the molecule is COc1ccc(CNS(=O)(=O)c2ccc3[nH]c(=O)oc3c2)c(OC)c1. The van der Waals surface area contributed by atoms with E-state index >= 15 is 0 Å². The van der Waals surface area contributed by atoms with Gasteiger partial charge in [0.1, 0.15) is 11.5 Å². The fourth-order valence-corrected chi connectivity index (χ4v) is 3.37. The predicted molar refractivity (Wildman–Crippen MR) is 90.4 cm³/mol. The van der Waals surface area contributed by atoms with E-state index < -0.39 is 15.8 Å². The molecule has 0 amide bonds. The molecule has 0 bridgehead atoms. The van der Waals surface area contributed by atoms with Crippen LogP contribution in [0.3, 0.4) is 0 Å². The zero-order valence-electron chi connectivity index (χ0n) is 13.5. The molecular weight excluding hydrogens is 348 g/mol. The molecule has 1 aromatic heterocycles. The molecule has 132 valence electrons. The minimum absolute atomic E-state index is 0.00442. The molecule has 0 aliphatic rings. The molecule has 3 aromatic rings. The van der Waals surface area contributed by atoms with E-state index in [1.165, 1.54) is 32.4 Å². The zero-order chi connectivity index (χ0) is 18.0. The van der Waals surface area contributed by atoms with Crippen molar-refractivity contribution in [2.24, 2.45) is 0 Å². The van der Waals surface area contributed by atoms with Crippen LogP contribution in [0, 0.1) is 0 Å². The smallest absolute Gasteiger partial charge is 0.417 e. The third kappa shape index (κ3) is 3.52. The van der Waals surface area contributed by atoms with Crippen molar-refractivity contribution in [3.63, 3.8) is 0 Å². The van der Waals surface area contributed by atoms with Crippen LogP contribution in [-0.4, -0.2) is 27.6 Å². The fourth-order valence-electron chi connectivity index (χ4n) is 2.35. The van der Waals surface area contributed by atoms with Gasteiger partial charge in [0.05, 0.1) is 24.6 Å². The summed E-state index contributed by atoms with van der Waals surface area (Å²) in [4.78, 5) is 13.6. The maximum atomic E-state index is 12.5. The number of hydrogen-bond acceptors (Lipinski definition) is 6. The molecule has 25 heavy (non-hydrogen) atoms. The number of H-pyrrole nitrogens is 1. The molecule has 3 rings (SSSR count). The fraction of sp³-hybridized carbons (Fsp3) is 0.188. The van der Waals surface area contributed by atoms with Gasteiger partial charge >= 0.3 is 5.76 Å². The minimum atomic E-state index is -3.79. The highest BCUT2D eigenvalue weighted by Crippen LogP contribution is 2.25. The number of nitrogens with one attached hydrogen (secondary N) is 2. The van der Waals surface area contributed by atoms with Gasteiger partial charge in [-0.15, -0.1) is 0 Å². The molecular formula is C16H16N2O6S. The van der Waals surface area contributed by atoms with E-state index in [1.54, 1.807) is 18.2 Å². The highest BCUT2D eigenvalue weighted by Gasteiger charge is 2.17. The monoisotopic (exact) mass is 364 g/mol. The maximum Gasteiger partial charge on any atom is 0.417 e. The van der Waals surface area contributed by atoms with E-state index in [2.05, 4.69) is 9.71 Å². The molecule has 0 aliphatic heterocycles. The molecule has 2 aromatic carbocycles. The van der Waals surface area contributed by atoms with E-state index in [9.17, 15) is 13.2 Å². The number of methoxy groups -OCH3 is 2. The zero-order valence-corrected chi connectivity index (χ0v) is 14.3. The number of aromatic nitrogens is 1. The second-order valence-electron chi connectivity index (χ2n) is 5.17. The molecule has 0 spiro atoms. The van der Waals surface area contributed by atoms with Crippen molar-refractivity contribution in [1.29, 1.82) is 0 Å². The molecule has 0 radical (unpaired) electrons. The molecule has 2 N–H and O–H groups in total. The Bertz CT molecular complexity index is 1070. The van der Waals surface area contributed by atoms with Gasteiger partial charge in [0.15, 0.2) is 5.58 Å². The normalized spacial score (nSPS) is 11.6. The lowest BCUT2D eigenvalue weighted by molar-refractivity contribution is 0.390. The van der Waals surface area contributed by atoms with Crippen molar-refractivity contribution < 1.29 is 22.3 Å². The maximum absolute atomic E-state index is 12.5. The number of hydrogen-bond donors (Lipinski definition) is 2. The van der Waals surface area contributed by atoms with Gasteiger partial charge in [0, 0.05) is 24.2 Å². The Labute approximate surface area is 143 Å². The average molecular weight is 364 g/mol. The Hall–Kier alpha value is -2.78. The van der Waals surface area contributed by atoms with Gasteiger partial charge in [-0.3, -0.25) is 4.98 Å². The topological polar surface area (TPSA) is 111 Å². The van der Waals surface area contributed by atoms with Crippen molar-refractivity contribution in [2.45, 2.75) is 11.4 Å². The molecule has 0 atom stereocenters. The molecule has 0 aliphatic carbocycles. The van der Waals surface area contributed by atoms with E-state index in [4.69, 9.17) is 13.9 Å². The van der Waals surface area contributed by atoms with Crippen molar-refractivity contribution in [3.8, 4) is 11.5 Å². The number of aromatic amines is 1. The highest BCUT2D eigenvalue weighted by atomic mass is 32.2. The van der Waals surface area contributed by atoms with Crippen molar-refractivity contribution in [2.75, 3.05) is 14.2 Å². The molecule has 9 heteroatoms. The molecule has 0 unspecified atom stereocenters. The van der Waals surface area contributed by atoms with Gasteiger partial charge in [0.2, 0.25) is 10.0 Å². The number of benzene rings is 2. The largest absolute Gasteiger partial charge is 0.497 e. The number of sulfonamides is 1. The minimum Gasteiger partial charge on any atom is -0.497 e. The van der Waals surface area contributed by atoms with Crippen molar-refractivity contribution >= 4 is 21.1 Å². The van der Waals surface area contributed by atoms with E-state index in [-0.39, 0.29) is 17.0 Å². The lowest BCUT2D eigenvalue weighted by atomic mass is 10.2. The summed E-state index contributed by atoms with van der Waals surface area (Å²) in [6.45, 7) is 0.0324. The summed E-state index contributed by atoms with van der Waals surface area (Å²) in [5.41, 5.74) is 1.26. The van der Waals surface area contributed by atoms with E-state index in [1.807, 2.05) is 0 Å². The molecule has 0 saturated heterocycles. The van der Waals surface area contributed by atoms with Gasteiger partial charge < -0.3 is 13.9 Å². The second-order valence-corrected chi connectivity index (χ2v) is 6.94. The lowest BCUT2D eigenvalue weighted by Crippen LogP contribution is -2.23. The highest BCUT2D eigenvalue weighted by molar-refractivity contribution is 7.89. The van der Waals surface area contributed by atoms with Crippen molar-refractivity contribution in [1.82, 2.24) is 9.71 Å².